The van der Waals surface area contributed by atoms with Crippen LogP contribution in [0.1, 0.15) is 42.0 Å². The molecule has 180 valence electrons. The Bertz CT molecular complexity index is 1080. The molecule has 0 saturated carbocycles. The van der Waals surface area contributed by atoms with Crippen molar-refractivity contribution in [1.29, 1.82) is 0 Å². The van der Waals surface area contributed by atoms with Gasteiger partial charge in [-0.15, -0.1) is 0 Å². The molecular formula is C25H35N3O4S. The summed E-state index contributed by atoms with van der Waals surface area (Å²) < 4.78 is 26.2. The van der Waals surface area contributed by atoms with Crippen molar-refractivity contribution in [1.82, 2.24) is 10.2 Å². The summed E-state index contributed by atoms with van der Waals surface area (Å²) in [6, 6.07) is 12.7. The van der Waals surface area contributed by atoms with E-state index in [0.717, 1.165) is 22.3 Å². The van der Waals surface area contributed by atoms with Crippen molar-refractivity contribution in [3.05, 3.63) is 64.7 Å². The lowest BCUT2D eigenvalue weighted by Gasteiger charge is -2.29. The van der Waals surface area contributed by atoms with E-state index in [-0.39, 0.29) is 24.8 Å². The number of hydrogen-bond acceptors (Lipinski definition) is 4. The van der Waals surface area contributed by atoms with Crippen LogP contribution in [0.25, 0.3) is 0 Å². The van der Waals surface area contributed by atoms with E-state index in [1.165, 1.54) is 10.6 Å². The summed E-state index contributed by atoms with van der Waals surface area (Å²) in [6.45, 7) is 8.08. The number of carbonyl (C=O) groups excluding carboxylic acids is 2. The fraction of sp³-hybridized carbons (Fsp3) is 0.440. The minimum atomic E-state index is -3.51. The molecule has 1 atom stereocenters. The summed E-state index contributed by atoms with van der Waals surface area (Å²) in [4.78, 5) is 26.9. The van der Waals surface area contributed by atoms with Crippen molar-refractivity contribution in [3.8, 4) is 0 Å². The Labute approximate surface area is 197 Å². The summed E-state index contributed by atoms with van der Waals surface area (Å²) in [6.07, 6.45) is 1.63. The van der Waals surface area contributed by atoms with E-state index in [9.17, 15) is 18.0 Å². The number of carbonyl (C=O) groups is 2. The van der Waals surface area contributed by atoms with Gasteiger partial charge in [-0.05, 0) is 62.9 Å². The van der Waals surface area contributed by atoms with Crippen LogP contribution in [-0.4, -0.2) is 51.0 Å². The second-order valence-electron chi connectivity index (χ2n) is 8.50. The number of benzene rings is 2. The molecule has 2 aromatic rings. The number of nitrogens with zero attached hydrogens (tertiary/aromatic N) is 2. The smallest absolute Gasteiger partial charge is 0.242 e. The predicted octanol–water partition coefficient (Wildman–Crippen LogP) is 3.32. The maximum Gasteiger partial charge on any atom is 0.242 e. The highest BCUT2D eigenvalue weighted by atomic mass is 32.2. The zero-order valence-corrected chi connectivity index (χ0v) is 21.2. The quantitative estimate of drug-likeness (QED) is 0.574. The van der Waals surface area contributed by atoms with Crippen LogP contribution in [0.2, 0.25) is 0 Å². The number of aryl methyl sites for hydroxylation is 3. The van der Waals surface area contributed by atoms with Crippen LogP contribution >= 0.6 is 0 Å². The summed E-state index contributed by atoms with van der Waals surface area (Å²) in [7, 11) is -1.97. The van der Waals surface area contributed by atoms with Gasteiger partial charge in [-0.3, -0.25) is 13.9 Å². The first kappa shape index (κ1) is 26.4. The third-order valence-corrected chi connectivity index (χ3v) is 7.01. The summed E-state index contributed by atoms with van der Waals surface area (Å²) in [5.41, 5.74) is 4.71. The molecule has 0 spiro atoms. The lowest BCUT2D eigenvalue weighted by molar-refractivity contribution is -0.140. The van der Waals surface area contributed by atoms with Crippen molar-refractivity contribution in [2.45, 2.75) is 53.1 Å². The molecule has 0 fully saturated rings. The molecule has 8 heteroatoms. The highest BCUT2D eigenvalue weighted by molar-refractivity contribution is 7.92. The van der Waals surface area contributed by atoms with Crippen LogP contribution in [0.5, 0.6) is 0 Å². The Balaban J connectivity index is 2.15. The standard InChI is InChI=1S/C25H35N3O4S/c1-18-9-12-22(13-10-18)17-27(21(4)25(30)26-5)24(29)8-7-15-28(33(6,31)32)23-14-11-19(2)20(3)16-23/h9-14,16,21H,7-8,15,17H2,1-6H3,(H,26,30)/t21-/m0/s1. The molecule has 0 radical (unpaired) electrons. The molecule has 2 rings (SSSR count). The first-order valence-corrected chi connectivity index (χ1v) is 12.9. The largest absolute Gasteiger partial charge is 0.357 e. The predicted molar refractivity (Wildman–Crippen MR) is 133 cm³/mol. The number of anilines is 1. The Morgan fingerprint density at radius 3 is 2.18 bits per heavy atom. The molecule has 0 aromatic heterocycles. The van der Waals surface area contributed by atoms with Gasteiger partial charge < -0.3 is 10.2 Å². The highest BCUT2D eigenvalue weighted by Crippen LogP contribution is 2.22. The van der Waals surface area contributed by atoms with Crippen LogP contribution in [0, 0.1) is 20.8 Å². The minimum absolute atomic E-state index is 0.129. The molecule has 0 aliphatic rings. The van der Waals surface area contributed by atoms with E-state index < -0.39 is 16.1 Å². The number of rotatable bonds is 10. The average Bonchev–Trinajstić information content (AvgIpc) is 2.76. The fourth-order valence-electron chi connectivity index (χ4n) is 3.57. The van der Waals surface area contributed by atoms with Crippen LogP contribution in [0.4, 0.5) is 5.69 Å². The molecule has 0 aliphatic heterocycles. The van der Waals surface area contributed by atoms with Gasteiger partial charge in [0.1, 0.15) is 6.04 Å². The normalized spacial score (nSPS) is 12.2. The number of sulfonamides is 1. The first-order chi connectivity index (χ1) is 15.4. The van der Waals surface area contributed by atoms with E-state index >= 15 is 0 Å². The van der Waals surface area contributed by atoms with Crippen molar-refractivity contribution < 1.29 is 18.0 Å². The second-order valence-corrected chi connectivity index (χ2v) is 10.4. The summed E-state index contributed by atoms with van der Waals surface area (Å²) >= 11 is 0. The minimum Gasteiger partial charge on any atom is -0.357 e. The van der Waals surface area contributed by atoms with Gasteiger partial charge in [-0.1, -0.05) is 35.9 Å². The van der Waals surface area contributed by atoms with E-state index in [1.807, 2.05) is 57.2 Å². The highest BCUT2D eigenvalue weighted by Gasteiger charge is 2.26. The van der Waals surface area contributed by atoms with E-state index in [0.29, 0.717) is 18.7 Å². The molecule has 0 unspecified atom stereocenters. The third-order valence-electron chi connectivity index (χ3n) is 5.82. The van der Waals surface area contributed by atoms with Gasteiger partial charge in [-0.25, -0.2) is 8.42 Å². The second kappa shape index (κ2) is 11.3. The molecule has 7 nitrogen and oxygen atoms in total. The molecular weight excluding hydrogens is 438 g/mol. The van der Waals surface area contributed by atoms with Crippen LogP contribution in [0.3, 0.4) is 0 Å². The van der Waals surface area contributed by atoms with Gasteiger partial charge in [0.2, 0.25) is 21.8 Å². The number of nitrogens with one attached hydrogen (secondary N) is 1. The maximum absolute atomic E-state index is 13.1. The topological polar surface area (TPSA) is 86.8 Å². The van der Waals surface area contributed by atoms with Gasteiger partial charge >= 0.3 is 0 Å². The molecule has 0 bridgehead atoms. The monoisotopic (exact) mass is 473 g/mol. The van der Waals surface area contributed by atoms with E-state index in [4.69, 9.17) is 0 Å². The number of amides is 2. The van der Waals surface area contributed by atoms with Gasteiger partial charge in [0.15, 0.2) is 0 Å². The zero-order chi connectivity index (χ0) is 24.8. The lowest BCUT2D eigenvalue weighted by atomic mass is 10.1. The van der Waals surface area contributed by atoms with Crippen LogP contribution in [0.15, 0.2) is 42.5 Å². The molecule has 2 amide bonds. The molecule has 0 aliphatic carbocycles. The van der Waals surface area contributed by atoms with E-state index in [2.05, 4.69) is 5.32 Å². The van der Waals surface area contributed by atoms with E-state index in [1.54, 1.807) is 24.9 Å². The molecule has 0 saturated heterocycles. The molecule has 1 N–H and O–H groups in total. The van der Waals surface area contributed by atoms with Crippen molar-refractivity contribution in [2.24, 2.45) is 0 Å². The Hall–Kier alpha value is -2.87. The summed E-state index contributed by atoms with van der Waals surface area (Å²) in [5.74, 6) is -0.441. The number of likely N-dealkylation sites (N-methyl/N-ethyl adjacent to an activating group) is 1. The first-order valence-electron chi connectivity index (χ1n) is 11.1. The van der Waals surface area contributed by atoms with Crippen molar-refractivity contribution in [3.63, 3.8) is 0 Å². The molecule has 2 aromatic carbocycles. The fourth-order valence-corrected chi connectivity index (χ4v) is 4.52. The summed E-state index contributed by atoms with van der Waals surface area (Å²) in [5, 5.41) is 2.60. The zero-order valence-electron chi connectivity index (χ0n) is 20.4. The third kappa shape index (κ3) is 7.32. The number of hydrogen-bond donors (Lipinski definition) is 1. The Morgan fingerprint density at radius 1 is 1.00 bits per heavy atom. The molecule has 0 heterocycles. The van der Waals surface area contributed by atoms with Gasteiger partial charge in [0.25, 0.3) is 0 Å². The van der Waals surface area contributed by atoms with Gasteiger partial charge in [0, 0.05) is 26.6 Å². The van der Waals surface area contributed by atoms with Gasteiger partial charge in [0.05, 0.1) is 11.9 Å². The molecule has 33 heavy (non-hydrogen) atoms. The van der Waals surface area contributed by atoms with Crippen LogP contribution < -0.4 is 9.62 Å². The Morgan fingerprint density at radius 2 is 1.64 bits per heavy atom. The average molecular weight is 474 g/mol. The van der Waals surface area contributed by atoms with Gasteiger partial charge in [-0.2, -0.15) is 0 Å². The SMILES string of the molecule is CNC(=O)[C@H](C)N(Cc1ccc(C)cc1)C(=O)CCCN(c1ccc(C)c(C)c1)S(C)(=O)=O. The van der Waals surface area contributed by atoms with Crippen molar-refractivity contribution >= 4 is 27.5 Å². The van der Waals surface area contributed by atoms with Crippen molar-refractivity contribution in [2.75, 3.05) is 24.2 Å². The maximum atomic E-state index is 13.1. The lowest BCUT2D eigenvalue weighted by Crippen LogP contribution is -2.46. The van der Waals surface area contributed by atoms with Crippen LogP contribution in [-0.2, 0) is 26.2 Å². The Kier molecular flexibility index (Phi) is 9.05.